The first-order chi connectivity index (χ1) is 28.4. The number of nitrogens with zero attached hydrogens (tertiary/aromatic N) is 5. The molecule has 3 rings (SSSR count). The Labute approximate surface area is 344 Å². The first-order valence-electron chi connectivity index (χ1n) is 18.6. The molecule has 2 aromatic rings. The number of H-pyrrole nitrogens is 2. The van der Waals surface area contributed by atoms with E-state index >= 15 is 0 Å². The summed E-state index contributed by atoms with van der Waals surface area (Å²) in [6, 6.07) is 5.35. The minimum atomic E-state index is -4.82. The average molecular weight is 888 g/mol. The fraction of sp³-hybridized carbons (Fsp3) is 0.676. The number of nitriles is 3. The van der Waals surface area contributed by atoms with E-state index in [1.807, 2.05) is 0 Å². The van der Waals surface area contributed by atoms with Gasteiger partial charge in [-0.2, -0.15) is 15.8 Å². The summed E-state index contributed by atoms with van der Waals surface area (Å²) in [6.07, 6.45) is -6.88. The third kappa shape index (κ3) is 14.2. The summed E-state index contributed by atoms with van der Waals surface area (Å²) in [7, 11) is -9.35. The van der Waals surface area contributed by atoms with Gasteiger partial charge in [-0.25, -0.2) is 13.7 Å². The lowest BCUT2D eigenvalue weighted by Gasteiger charge is -2.26. The number of aliphatic hydroxyl groups is 1. The van der Waals surface area contributed by atoms with Gasteiger partial charge in [0.25, 0.3) is 11.5 Å². The van der Waals surface area contributed by atoms with Crippen molar-refractivity contribution in [3.8, 4) is 18.2 Å². The zero-order valence-corrected chi connectivity index (χ0v) is 35.6. The van der Waals surface area contributed by atoms with Crippen LogP contribution in [-0.2, 0) is 64.9 Å². The molecule has 0 radical (unpaired) electrons. The lowest BCUT2D eigenvalue weighted by molar-refractivity contribution is -0.744. The summed E-state index contributed by atoms with van der Waals surface area (Å²) in [4.78, 5) is 61.4. The van der Waals surface area contributed by atoms with E-state index in [0.29, 0.717) is 0 Å². The van der Waals surface area contributed by atoms with E-state index in [1.54, 1.807) is 59.8 Å². The number of amides is 1. The first-order valence-corrected chi connectivity index (χ1v) is 21.6. The maximum Gasteiger partial charge on any atom is 0.475 e. The van der Waals surface area contributed by atoms with Crippen LogP contribution >= 0.6 is 15.6 Å². The van der Waals surface area contributed by atoms with E-state index in [4.69, 9.17) is 57.1 Å². The minimum absolute atomic E-state index is 0.0783. The average Bonchev–Trinajstić information content (AvgIpc) is 3.76. The maximum absolute atomic E-state index is 14.1. The predicted octanol–water partition coefficient (Wildman–Crippen LogP) is 2.58. The van der Waals surface area contributed by atoms with Crippen molar-refractivity contribution in [2.75, 3.05) is 45.0 Å². The molecule has 330 valence electrons. The molecule has 1 amide bonds. The normalized spacial score (nSPS) is 19.4. The SMILES string of the molecule is CC(C)C(=O)Nc1nc2c([nH]c[n+]2[C@@H]2O[C@H](COP(=O)(OCCC#N)OCC(CO)OP(=O)(OCCC#N)OCCC#N)[C@@H](OC(=O)C(C)C)[C@H]2OC(=O)C(C)C)c(=O)[nH]1. The number of ether oxygens (including phenoxy) is 3. The Hall–Kier alpha value is -4.63. The van der Waals surface area contributed by atoms with Crippen molar-refractivity contribution < 1.29 is 74.5 Å². The Bertz CT molecular complexity index is 2050. The number of phosphoric acid groups is 2. The minimum Gasteiger partial charge on any atom is -0.455 e. The van der Waals surface area contributed by atoms with Crippen molar-refractivity contribution in [3.05, 3.63) is 16.7 Å². The molecule has 0 aliphatic carbocycles. The monoisotopic (exact) mass is 887 g/mol. The molecular formula is C34H49N8O16P2+. The summed E-state index contributed by atoms with van der Waals surface area (Å²) < 4.78 is 78.4. The van der Waals surface area contributed by atoms with Crippen molar-refractivity contribution in [2.45, 2.75) is 91.4 Å². The summed E-state index contributed by atoms with van der Waals surface area (Å²) >= 11 is 0. The molecule has 2 aromatic heterocycles. The summed E-state index contributed by atoms with van der Waals surface area (Å²) in [5.74, 6) is -4.05. The van der Waals surface area contributed by atoms with Crippen LogP contribution in [0.3, 0.4) is 0 Å². The topological polar surface area (TPSA) is 337 Å². The molecule has 3 heterocycles. The molecule has 0 saturated carbocycles. The van der Waals surface area contributed by atoms with E-state index < -0.39 is 127 Å². The van der Waals surface area contributed by atoms with Gasteiger partial charge in [0, 0.05) is 5.92 Å². The van der Waals surface area contributed by atoms with Crippen LogP contribution in [0.25, 0.3) is 11.2 Å². The number of aromatic nitrogens is 4. The fourth-order valence-electron chi connectivity index (χ4n) is 4.82. The van der Waals surface area contributed by atoms with Gasteiger partial charge in [-0.3, -0.25) is 61.6 Å². The molecule has 4 N–H and O–H groups in total. The van der Waals surface area contributed by atoms with Gasteiger partial charge < -0.3 is 19.3 Å². The van der Waals surface area contributed by atoms with Crippen molar-refractivity contribution in [3.63, 3.8) is 0 Å². The number of carbonyl (C=O) groups is 3. The van der Waals surface area contributed by atoms with Crippen LogP contribution in [-0.4, -0.2) is 102 Å². The number of phosphoric ester groups is 2. The fourth-order valence-corrected chi connectivity index (χ4v) is 7.36. The Morgan fingerprint density at radius 2 is 1.42 bits per heavy atom. The van der Waals surface area contributed by atoms with Gasteiger partial charge in [0.15, 0.2) is 18.5 Å². The van der Waals surface area contributed by atoms with E-state index in [2.05, 4.69) is 20.3 Å². The van der Waals surface area contributed by atoms with Crippen molar-refractivity contribution in [1.29, 1.82) is 15.8 Å². The Balaban J connectivity index is 2.01. The summed E-state index contributed by atoms with van der Waals surface area (Å²) in [6.45, 7) is 5.58. The van der Waals surface area contributed by atoms with Crippen LogP contribution in [0.5, 0.6) is 0 Å². The highest BCUT2D eigenvalue weighted by atomic mass is 31.2. The molecule has 0 bridgehead atoms. The number of anilines is 1. The highest BCUT2D eigenvalue weighted by molar-refractivity contribution is 7.48. The van der Waals surface area contributed by atoms with Crippen LogP contribution in [0.2, 0.25) is 0 Å². The highest BCUT2D eigenvalue weighted by Crippen LogP contribution is 2.53. The van der Waals surface area contributed by atoms with Gasteiger partial charge >= 0.3 is 33.2 Å². The zero-order valence-electron chi connectivity index (χ0n) is 33.8. The van der Waals surface area contributed by atoms with Gasteiger partial charge in [0.05, 0.1) is 88.9 Å². The van der Waals surface area contributed by atoms with Gasteiger partial charge in [-0.1, -0.05) is 46.5 Å². The van der Waals surface area contributed by atoms with Crippen LogP contribution in [0.15, 0.2) is 11.1 Å². The number of carbonyl (C=O) groups excluding carboxylic acids is 3. The van der Waals surface area contributed by atoms with Gasteiger partial charge in [-0.15, -0.1) is 0 Å². The number of fused-ring (bicyclic) bond motifs is 1. The summed E-state index contributed by atoms with van der Waals surface area (Å²) in [5.41, 5.74) is -0.852. The third-order valence-electron chi connectivity index (χ3n) is 7.95. The zero-order chi connectivity index (χ0) is 44.6. The molecule has 24 nitrogen and oxygen atoms in total. The number of nitrogens with one attached hydrogen (secondary N) is 3. The Morgan fingerprint density at radius 3 is 1.93 bits per heavy atom. The van der Waals surface area contributed by atoms with Gasteiger partial charge in [0.1, 0.15) is 12.2 Å². The van der Waals surface area contributed by atoms with E-state index in [9.17, 15) is 33.4 Å². The number of aliphatic hydroxyl groups excluding tert-OH is 1. The number of hydrogen-bond donors (Lipinski definition) is 4. The second-order valence-electron chi connectivity index (χ2n) is 13.7. The first kappa shape index (κ1) is 49.7. The van der Waals surface area contributed by atoms with E-state index in [1.165, 1.54) is 10.9 Å². The second-order valence-corrected chi connectivity index (χ2v) is 17.0. The molecule has 1 saturated heterocycles. The van der Waals surface area contributed by atoms with Crippen molar-refractivity contribution >= 4 is 50.6 Å². The Morgan fingerprint density at radius 1 is 0.867 bits per heavy atom. The molecule has 0 aromatic carbocycles. The highest BCUT2D eigenvalue weighted by Gasteiger charge is 2.54. The van der Waals surface area contributed by atoms with E-state index in [0.717, 1.165) is 0 Å². The molecular weight excluding hydrogens is 838 g/mol. The number of rotatable bonds is 25. The van der Waals surface area contributed by atoms with E-state index in [-0.39, 0.29) is 36.4 Å². The molecule has 6 atom stereocenters. The number of esters is 2. The molecule has 1 aliphatic heterocycles. The molecule has 1 fully saturated rings. The number of imidazole rings is 1. The predicted molar refractivity (Wildman–Crippen MR) is 201 cm³/mol. The standard InChI is InChI=1S/C34H48N8O16P2/c1-20(2)29(44)40-34-39-28-25(30(45)41-34)38-19-42(28)31-27(57-33(47)22(5)6)26(56-32(46)21(3)4)24(55-31)18-54-59(48,50-13-7-10-35)53-17-23(16-43)58-60(49,51-14-8-11-36)52-15-9-12-37/h19-24,26-27,31,43H,7-9,13-18H2,1-6H3,(H2,39,40,41,44,45)/p+1/t23?,24-,26-,27-,31-,59?/m1/s1. The van der Waals surface area contributed by atoms with Crippen LogP contribution in [0.1, 0.15) is 67.0 Å². The summed E-state index contributed by atoms with van der Waals surface area (Å²) in [5, 5.41) is 39.4. The number of aromatic amines is 2. The second kappa shape index (κ2) is 23.4. The van der Waals surface area contributed by atoms with Gasteiger partial charge in [-0.05, 0) is 0 Å². The van der Waals surface area contributed by atoms with Crippen molar-refractivity contribution in [1.82, 2.24) is 15.0 Å². The smallest absolute Gasteiger partial charge is 0.455 e. The van der Waals surface area contributed by atoms with Crippen LogP contribution in [0, 0.1) is 51.7 Å². The lowest BCUT2D eigenvalue weighted by atomic mass is 10.1. The Kier molecular flexibility index (Phi) is 19.4. The third-order valence-corrected chi connectivity index (χ3v) is 10.9. The quantitative estimate of drug-likeness (QED) is 0.0482. The van der Waals surface area contributed by atoms with Crippen LogP contribution < -0.4 is 15.4 Å². The largest absolute Gasteiger partial charge is 0.475 e. The maximum atomic E-state index is 14.1. The lowest BCUT2D eigenvalue weighted by Crippen LogP contribution is -2.49. The number of hydrogen-bond acceptors (Lipinski definition) is 20. The molecule has 2 unspecified atom stereocenters. The molecule has 1 aliphatic rings. The van der Waals surface area contributed by atoms with Gasteiger partial charge in [0.2, 0.25) is 17.7 Å². The van der Waals surface area contributed by atoms with Crippen LogP contribution in [0.4, 0.5) is 5.95 Å². The van der Waals surface area contributed by atoms with Crippen molar-refractivity contribution in [2.24, 2.45) is 17.8 Å². The molecule has 60 heavy (non-hydrogen) atoms. The molecule has 0 spiro atoms. The molecule has 26 heteroatoms.